The van der Waals surface area contributed by atoms with Gasteiger partial charge in [0.15, 0.2) is 5.82 Å². The highest BCUT2D eigenvalue weighted by Gasteiger charge is 2.15. The fourth-order valence-corrected chi connectivity index (χ4v) is 3.02. The van der Waals surface area contributed by atoms with Crippen molar-refractivity contribution in [2.24, 2.45) is 0 Å². The van der Waals surface area contributed by atoms with Crippen LogP contribution in [0.5, 0.6) is 0 Å². The highest BCUT2D eigenvalue weighted by Crippen LogP contribution is 2.27. The van der Waals surface area contributed by atoms with Gasteiger partial charge in [0.05, 0.1) is 5.39 Å². The summed E-state index contributed by atoms with van der Waals surface area (Å²) >= 11 is 1.51. The third-order valence-corrected chi connectivity index (χ3v) is 4.26. The lowest BCUT2D eigenvalue weighted by molar-refractivity contribution is 0.926. The third-order valence-electron chi connectivity index (χ3n) is 3.15. The summed E-state index contributed by atoms with van der Waals surface area (Å²) in [6.45, 7) is 3.90. The molecule has 0 spiro atoms. The van der Waals surface area contributed by atoms with Crippen molar-refractivity contribution >= 4 is 21.6 Å². The summed E-state index contributed by atoms with van der Waals surface area (Å²) < 4.78 is 1.10. The molecule has 0 saturated carbocycles. The Morgan fingerprint density at radius 1 is 1.37 bits per heavy atom. The summed E-state index contributed by atoms with van der Waals surface area (Å²) in [6.07, 6.45) is 3.31. The largest absolute Gasteiger partial charge is 0.334 e. The molecule has 0 radical (unpaired) electrons. The average molecular weight is 272 g/mol. The maximum absolute atomic E-state index is 12.3. The number of nitrogen functional groups attached to an aromatic ring is 1. The van der Waals surface area contributed by atoms with E-state index in [-0.39, 0.29) is 5.56 Å². The number of rotatable bonds is 1. The molecule has 0 unspecified atom stereocenters. The highest BCUT2D eigenvalue weighted by molar-refractivity contribution is 7.18. The molecule has 96 valence electrons. The van der Waals surface area contributed by atoms with E-state index in [4.69, 9.17) is 5.84 Å². The molecule has 19 heavy (non-hydrogen) atoms. The Morgan fingerprint density at radius 3 is 2.84 bits per heavy atom. The Bertz CT molecular complexity index is 820. The molecule has 0 bridgehead atoms. The molecule has 0 amide bonds. The molecule has 0 aliphatic rings. The van der Waals surface area contributed by atoms with Gasteiger partial charge in [0.1, 0.15) is 4.83 Å². The van der Waals surface area contributed by atoms with Crippen LogP contribution in [0.4, 0.5) is 0 Å². The summed E-state index contributed by atoms with van der Waals surface area (Å²) in [6, 6.07) is 3.62. The maximum atomic E-state index is 12.3. The van der Waals surface area contributed by atoms with Crippen molar-refractivity contribution in [1.82, 2.24) is 14.6 Å². The summed E-state index contributed by atoms with van der Waals surface area (Å²) in [5.41, 5.74) is 1.47. The second kappa shape index (κ2) is 4.17. The Balaban J connectivity index is 2.41. The zero-order valence-electron chi connectivity index (χ0n) is 10.5. The van der Waals surface area contributed by atoms with Gasteiger partial charge in [-0.05, 0) is 31.5 Å². The number of hydrogen-bond donors (Lipinski definition) is 1. The van der Waals surface area contributed by atoms with Crippen LogP contribution >= 0.6 is 11.3 Å². The molecule has 0 saturated heterocycles. The van der Waals surface area contributed by atoms with Crippen LogP contribution in [0, 0.1) is 13.8 Å². The first-order chi connectivity index (χ1) is 9.09. The van der Waals surface area contributed by atoms with Gasteiger partial charge < -0.3 is 5.84 Å². The fourth-order valence-electron chi connectivity index (χ4n) is 2.00. The lowest BCUT2D eigenvalue weighted by Crippen LogP contribution is -2.29. The second-order valence-corrected chi connectivity index (χ2v) is 5.52. The molecule has 2 N–H and O–H groups in total. The van der Waals surface area contributed by atoms with Crippen LogP contribution in [0.2, 0.25) is 0 Å². The van der Waals surface area contributed by atoms with E-state index in [1.165, 1.54) is 11.3 Å². The third kappa shape index (κ3) is 1.72. The molecule has 5 nitrogen and oxygen atoms in total. The molecule has 3 rings (SSSR count). The van der Waals surface area contributed by atoms with Gasteiger partial charge in [-0.25, -0.2) is 9.66 Å². The number of hydrogen-bond acceptors (Lipinski definition) is 5. The number of aryl methyl sites for hydroxylation is 2. The normalized spacial score (nSPS) is 11.1. The van der Waals surface area contributed by atoms with E-state index in [2.05, 4.69) is 9.97 Å². The standard InChI is InChI=1S/C13H12N4OS/c1-7-8(2)19-12-10(7)13(18)17(14)11(16-12)9-4-3-5-15-6-9/h3-6H,14H2,1-2H3. The topological polar surface area (TPSA) is 73.8 Å². The Labute approximate surface area is 113 Å². The molecule has 3 heterocycles. The van der Waals surface area contributed by atoms with Crippen LogP contribution in [0.3, 0.4) is 0 Å². The molecular formula is C13H12N4OS. The van der Waals surface area contributed by atoms with Crippen LogP contribution < -0.4 is 11.4 Å². The summed E-state index contributed by atoms with van der Waals surface area (Å²) in [7, 11) is 0. The SMILES string of the molecule is Cc1sc2nc(-c3cccnc3)n(N)c(=O)c2c1C. The van der Waals surface area contributed by atoms with E-state index in [1.54, 1.807) is 18.5 Å². The number of pyridine rings is 1. The van der Waals surface area contributed by atoms with Gasteiger partial charge in [-0.3, -0.25) is 9.78 Å². The predicted octanol–water partition coefficient (Wildman–Crippen LogP) is 1.85. The lowest BCUT2D eigenvalue weighted by atomic mass is 10.2. The molecule has 0 aliphatic carbocycles. The van der Waals surface area contributed by atoms with Crippen molar-refractivity contribution < 1.29 is 0 Å². The van der Waals surface area contributed by atoms with Gasteiger partial charge >= 0.3 is 0 Å². The number of nitrogens with two attached hydrogens (primary N) is 1. The minimum atomic E-state index is -0.217. The van der Waals surface area contributed by atoms with E-state index in [0.717, 1.165) is 25.5 Å². The van der Waals surface area contributed by atoms with Crippen molar-refractivity contribution in [2.45, 2.75) is 13.8 Å². The molecule has 3 aromatic heterocycles. The summed E-state index contributed by atoms with van der Waals surface area (Å²) in [4.78, 5) is 22.7. The second-order valence-electron chi connectivity index (χ2n) is 4.32. The zero-order chi connectivity index (χ0) is 13.6. The molecule has 0 fully saturated rings. The van der Waals surface area contributed by atoms with Gasteiger partial charge in [0.2, 0.25) is 0 Å². The summed E-state index contributed by atoms with van der Waals surface area (Å²) in [5, 5.41) is 0.609. The zero-order valence-corrected chi connectivity index (χ0v) is 11.4. The molecular weight excluding hydrogens is 260 g/mol. The van der Waals surface area contributed by atoms with Gasteiger partial charge in [0.25, 0.3) is 5.56 Å². The minimum absolute atomic E-state index is 0.217. The number of nitrogens with zero attached hydrogens (tertiary/aromatic N) is 3. The van der Waals surface area contributed by atoms with E-state index < -0.39 is 0 Å². The molecule has 0 atom stereocenters. The first kappa shape index (κ1) is 11.9. The van der Waals surface area contributed by atoms with E-state index in [0.29, 0.717) is 11.2 Å². The first-order valence-corrected chi connectivity index (χ1v) is 6.59. The minimum Gasteiger partial charge on any atom is -0.334 e. The van der Waals surface area contributed by atoms with Crippen LogP contribution in [-0.2, 0) is 0 Å². The van der Waals surface area contributed by atoms with Crippen LogP contribution in [0.15, 0.2) is 29.3 Å². The van der Waals surface area contributed by atoms with Crippen LogP contribution in [0.1, 0.15) is 10.4 Å². The number of aromatic nitrogens is 3. The lowest BCUT2D eigenvalue weighted by Gasteiger charge is -2.06. The van der Waals surface area contributed by atoms with Crippen molar-refractivity contribution in [2.75, 3.05) is 5.84 Å². The van der Waals surface area contributed by atoms with Gasteiger partial charge in [-0.1, -0.05) is 0 Å². The van der Waals surface area contributed by atoms with Crippen LogP contribution in [-0.4, -0.2) is 14.6 Å². The summed E-state index contributed by atoms with van der Waals surface area (Å²) in [5.74, 6) is 6.31. The van der Waals surface area contributed by atoms with Gasteiger partial charge in [0, 0.05) is 22.8 Å². The van der Waals surface area contributed by atoms with Gasteiger partial charge in [-0.15, -0.1) is 11.3 Å². The smallest absolute Gasteiger partial charge is 0.281 e. The monoisotopic (exact) mass is 272 g/mol. The van der Waals surface area contributed by atoms with E-state index in [1.807, 2.05) is 19.9 Å². The predicted molar refractivity (Wildman–Crippen MR) is 76.7 cm³/mol. The first-order valence-electron chi connectivity index (χ1n) is 5.78. The average Bonchev–Trinajstić information content (AvgIpc) is 2.70. The van der Waals surface area contributed by atoms with Crippen molar-refractivity contribution in [3.63, 3.8) is 0 Å². The molecule has 0 aromatic carbocycles. The van der Waals surface area contributed by atoms with Crippen molar-refractivity contribution in [3.8, 4) is 11.4 Å². The van der Waals surface area contributed by atoms with Crippen molar-refractivity contribution in [3.05, 3.63) is 45.3 Å². The Hall–Kier alpha value is -2.21. The molecule has 3 aromatic rings. The van der Waals surface area contributed by atoms with E-state index >= 15 is 0 Å². The quantitative estimate of drug-likeness (QED) is 0.686. The van der Waals surface area contributed by atoms with Crippen LogP contribution in [0.25, 0.3) is 21.6 Å². The van der Waals surface area contributed by atoms with E-state index in [9.17, 15) is 4.79 Å². The number of thiophene rings is 1. The molecule has 6 heteroatoms. The maximum Gasteiger partial charge on any atom is 0.281 e. The highest BCUT2D eigenvalue weighted by atomic mass is 32.1. The fraction of sp³-hybridized carbons (Fsp3) is 0.154. The Morgan fingerprint density at radius 2 is 2.16 bits per heavy atom. The molecule has 0 aliphatic heterocycles. The van der Waals surface area contributed by atoms with Gasteiger partial charge in [-0.2, -0.15) is 0 Å². The Kier molecular flexibility index (Phi) is 2.60. The van der Waals surface area contributed by atoms with Crippen molar-refractivity contribution in [1.29, 1.82) is 0 Å². The number of fused-ring (bicyclic) bond motifs is 1.